The smallest absolute Gasteiger partial charge is 0.257 e. The minimum Gasteiger partial charge on any atom is -0.495 e. The second kappa shape index (κ2) is 8.26. The molecule has 1 heterocycles. The zero-order valence-electron chi connectivity index (χ0n) is 14.7. The highest BCUT2D eigenvalue weighted by Crippen LogP contribution is 2.23. The maximum Gasteiger partial charge on any atom is 0.257 e. The fourth-order valence-electron chi connectivity index (χ4n) is 2.42. The molecule has 0 atom stereocenters. The van der Waals surface area contributed by atoms with Crippen LogP contribution in [0.15, 0.2) is 60.9 Å². The van der Waals surface area contributed by atoms with Crippen LogP contribution in [-0.4, -0.2) is 23.9 Å². The molecule has 0 aliphatic heterocycles. The minimum absolute atomic E-state index is 0.0383. The van der Waals surface area contributed by atoms with E-state index in [1.807, 2.05) is 0 Å². The van der Waals surface area contributed by atoms with Gasteiger partial charge in [-0.25, -0.2) is 8.78 Å². The Labute approximate surface area is 159 Å². The van der Waals surface area contributed by atoms with E-state index in [2.05, 4.69) is 15.6 Å². The average Bonchev–Trinajstić information content (AvgIpc) is 2.70. The molecule has 142 valence electrons. The molecule has 2 N–H and O–H groups in total. The quantitative estimate of drug-likeness (QED) is 0.701. The molecule has 6 nitrogen and oxygen atoms in total. The van der Waals surface area contributed by atoms with Crippen molar-refractivity contribution < 1.29 is 23.1 Å². The van der Waals surface area contributed by atoms with Crippen LogP contribution in [0.3, 0.4) is 0 Å². The molecule has 0 radical (unpaired) electrons. The molecule has 0 saturated carbocycles. The number of amides is 2. The standard InChI is InChI=1S/C20H15F2N3O3/c1-28-18-5-3-2-4-17(18)25-20(27)13-8-12(10-23-11-13)19(26)24-16-7-6-14(21)9-15(16)22/h2-11H,1H3,(H,24,26)(H,25,27). The first-order chi connectivity index (χ1) is 13.5. The number of benzene rings is 2. The summed E-state index contributed by atoms with van der Waals surface area (Å²) in [6, 6.07) is 10.9. The number of methoxy groups -OCH3 is 1. The normalized spacial score (nSPS) is 10.2. The van der Waals surface area contributed by atoms with E-state index in [9.17, 15) is 18.4 Å². The van der Waals surface area contributed by atoms with Crippen LogP contribution in [0, 0.1) is 11.6 Å². The number of hydrogen-bond acceptors (Lipinski definition) is 4. The first-order valence-electron chi connectivity index (χ1n) is 8.14. The van der Waals surface area contributed by atoms with Crippen molar-refractivity contribution in [3.63, 3.8) is 0 Å². The summed E-state index contributed by atoms with van der Waals surface area (Å²) >= 11 is 0. The Kier molecular flexibility index (Phi) is 5.59. The van der Waals surface area contributed by atoms with Gasteiger partial charge < -0.3 is 15.4 Å². The van der Waals surface area contributed by atoms with Gasteiger partial charge in [-0.3, -0.25) is 14.6 Å². The number of rotatable bonds is 5. The molecule has 0 aliphatic rings. The van der Waals surface area contributed by atoms with Gasteiger partial charge >= 0.3 is 0 Å². The largest absolute Gasteiger partial charge is 0.495 e. The van der Waals surface area contributed by atoms with E-state index in [0.29, 0.717) is 17.5 Å². The van der Waals surface area contributed by atoms with Gasteiger partial charge in [0.05, 0.1) is 29.6 Å². The predicted octanol–water partition coefficient (Wildman–Crippen LogP) is 3.87. The van der Waals surface area contributed by atoms with Crippen molar-refractivity contribution >= 4 is 23.2 Å². The van der Waals surface area contributed by atoms with Crippen molar-refractivity contribution in [2.75, 3.05) is 17.7 Å². The summed E-state index contributed by atoms with van der Waals surface area (Å²) in [4.78, 5) is 28.7. The highest BCUT2D eigenvalue weighted by molar-refractivity contribution is 6.08. The summed E-state index contributed by atoms with van der Waals surface area (Å²) in [7, 11) is 1.48. The van der Waals surface area contributed by atoms with Gasteiger partial charge in [-0.05, 0) is 30.3 Å². The fourth-order valence-corrected chi connectivity index (χ4v) is 2.42. The Morgan fingerprint density at radius 3 is 2.18 bits per heavy atom. The second-order valence-corrected chi connectivity index (χ2v) is 5.69. The van der Waals surface area contributed by atoms with Crippen LogP contribution in [0.25, 0.3) is 0 Å². The first-order valence-corrected chi connectivity index (χ1v) is 8.14. The molecule has 0 bridgehead atoms. The van der Waals surface area contributed by atoms with Crippen molar-refractivity contribution in [3.05, 3.63) is 83.7 Å². The monoisotopic (exact) mass is 383 g/mol. The Morgan fingerprint density at radius 2 is 1.54 bits per heavy atom. The van der Waals surface area contributed by atoms with E-state index in [4.69, 9.17) is 4.74 Å². The molecule has 0 fully saturated rings. The van der Waals surface area contributed by atoms with Gasteiger partial charge in [0.1, 0.15) is 17.4 Å². The number of pyridine rings is 1. The lowest BCUT2D eigenvalue weighted by molar-refractivity contribution is 0.102. The lowest BCUT2D eigenvalue weighted by Gasteiger charge is -2.10. The summed E-state index contributed by atoms with van der Waals surface area (Å²) in [6.07, 6.45) is 2.52. The zero-order chi connectivity index (χ0) is 20.1. The van der Waals surface area contributed by atoms with Crippen LogP contribution in [0.2, 0.25) is 0 Å². The number of anilines is 2. The number of nitrogens with one attached hydrogen (secondary N) is 2. The van der Waals surface area contributed by atoms with Gasteiger partial charge in [-0.15, -0.1) is 0 Å². The Morgan fingerprint density at radius 1 is 0.893 bits per heavy atom. The number of para-hydroxylation sites is 2. The lowest BCUT2D eigenvalue weighted by atomic mass is 10.1. The molecule has 0 saturated heterocycles. The van der Waals surface area contributed by atoms with Gasteiger partial charge in [-0.2, -0.15) is 0 Å². The highest BCUT2D eigenvalue weighted by Gasteiger charge is 2.15. The maximum absolute atomic E-state index is 13.7. The van der Waals surface area contributed by atoms with E-state index in [-0.39, 0.29) is 16.8 Å². The summed E-state index contributed by atoms with van der Waals surface area (Å²) < 4.78 is 31.8. The molecule has 28 heavy (non-hydrogen) atoms. The van der Waals surface area contributed by atoms with Crippen molar-refractivity contribution in [1.82, 2.24) is 4.98 Å². The lowest BCUT2D eigenvalue weighted by Crippen LogP contribution is -2.17. The minimum atomic E-state index is -0.911. The predicted molar refractivity (Wildman–Crippen MR) is 99.5 cm³/mol. The maximum atomic E-state index is 13.7. The molecular formula is C20H15F2N3O3. The summed E-state index contributed by atoms with van der Waals surface area (Å²) in [5.41, 5.74) is 0.433. The van der Waals surface area contributed by atoms with Crippen LogP contribution < -0.4 is 15.4 Å². The SMILES string of the molecule is COc1ccccc1NC(=O)c1cncc(C(=O)Nc2ccc(F)cc2F)c1. The Balaban J connectivity index is 1.77. The van der Waals surface area contributed by atoms with E-state index in [1.165, 1.54) is 25.6 Å². The van der Waals surface area contributed by atoms with Gasteiger partial charge in [0.25, 0.3) is 11.8 Å². The van der Waals surface area contributed by atoms with E-state index in [0.717, 1.165) is 12.1 Å². The van der Waals surface area contributed by atoms with Crippen LogP contribution in [-0.2, 0) is 0 Å². The molecule has 2 aromatic carbocycles. The number of nitrogens with zero attached hydrogens (tertiary/aromatic N) is 1. The Bertz CT molecular complexity index is 1040. The summed E-state index contributed by atoms with van der Waals surface area (Å²) in [5.74, 6) is -2.38. The highest BCUT2D eigenvalue weighted by atomic mass is 19.1. The number of carbonyl (C=O) groups excluding carboxylic acids is 2. The third-order valence-corrected chi connectivity index (χ3v) is 3.80. The molecule has 1 aromatic heterocycles. The van der Waals surface area contributed by atoms with Gasteiger partial charge in [0.15, 0.2) is 0 Å². The van der Waals surface area contributed by atoms with Gasteiger partial charge in [0, 0.05) is 18.5 Å². The van der Waals surface area contributed by atoms with Gasteiger partial charge in [0.2, 0.25) is 0 Å². The number of aromatic nitrogens is 1. The van der Waals surface area contributed by atoms with Crippen LogP contribution in [0.4, 0.5) is 20.2 Å². The summed E-state index contributed by atoms with van der Waals surface area (Å²) in [5, 5.41) is 4.99. The molecule has 3 rings (SSSR count). The van der Waals surface area contributed by atoms with E-state index in [1.54, 1.807) is 24.3 Å². The zero-order valence-corrected chi connectivity index (χ0v) is 14.7. The van der Waals surface area contributed by atoms with Crippen molar-refractivity contribution in [1.29, 1.82) is 0 Å². The van der Waals surface area contributed by atoms with Crippen LogP contribution >= 0.6 is 0 Å². The number of halogens is 2. The molecule has 0 unspecified atom stereocenters. The van der Waals surface area contributed by atoms with Crippen molar-refractivity contribution in [2.45, 2.75) is 0 Å². The number of hydrogen-bond donors (Lipinski definition) is 2. The molecule has 0 spiro atoms. The van der Waals surface area contributed by atoms with Crippen molar-refractivity contribution in [2.24, 2.45) is 0 Å². The number of carbonyl (C=O) groups is 2. The van der Waals surface area contributed by atoms with E-state index < -0.39 is 23.4 Å². The first kappa shape index (κ1) is 19.0. The number of ether oxygens (including phenoxy) is 1. The third kappa shape index (κ3) is 4.29. The van der Waals surface area contributed by atoms with Crippen molar-refractivity contribution in [3.8, 4) is 5.75 Å². The molecule has 0 aliphatic carbocycles. The Hall–Kier alpha value is -3.81. The molecular weight excluding hydrogens is 368 g/mol. The fraction of sp³-hybridized carbons (Fsp3) is 0.0500. The second-order valence-electron chi connectivity index (χ2n) is 5.69. The van der Waals surface area contributed by atoms with Crippen LogP contribution in [0.5, 0.6) is 5.75 Å². The molecule has 8 heteroatoms. The topological polar surface area (TPSA) is 80.3 Å². The molecule has 3 aromatic rings. The van der Waals surface area contributed by atoms with Gasteiger partial charge in [-0.1, -0.05) is 12.1 Å². The summed E-state index contributed by atoms with van der Waals surface area (Å²) in [6.45, 7) is 0. The van der Waals surface area contributed by atoms with Crippen LogP contribution in [0.1, 0.15) is 20.7 Å². The third-order valence-electron chi connectivity index (χ3n) is 3.80. The average molecular weight is 383 g/mol. The molecule has 2 amide bonds. The van der Waals surface area contributed by atoms with E-state index >= 15 is 0 Å².